The standard InChI is InChI=1S/C27H24ClNO5/c1-15-9-11-20(16(2)13-15)29-24(18-7-5-6-8-21(18)33-3)23(26(31)27(29)32)25(30)17-10-12-22(34-4)19(28)14-17/h5-14,24,30H,1-4H3/b25-23+. The second-order valence-electron chi connectivity index (χ2n) is 8.05. The molecule has 34 heavy (non-hydrogen) atoms. The number of amides is 1. The Labute approximate surface area is 203 Å². The number of carbonyl (C=O) groups excluding carboxylic acids is 2. The average molecular weight is 478 g/mol. The van der Waals surface area contributed by atoms with Crippen LogP contribution in [0.3, 0.4) is 0 Å². The second-order valence-corrected chi connectivity index (χ2v) is 8.46. The number of Topliss-reactive ketones (excluding diaryl/α,β-unsaturated/α-hetero) is 1. The van der Waals surface area contributed by atoms with Crippen LogP contribution in [0.2, 0.25) is 5.02 Å². The van der Waals surface area contributed by atoms with E-state index in [0.29, 0.717) is 28.3 Å². The number of methoxy groups -OCH3 is 2. The van der Waals surface area contributed by atoms with E-state index in [-0.39, 0.29) is 16.4 Å². The third kappa shape index (κ3) is 3.90. The fourth-order valence-electron chi connectivity index (χ4n) is 4.31. The molecule has 1 atom stereocenters. The second kappa shape index (κ2) is 9.23. The number of halogens is 1. The zero-order valence-electron chi connectivity index (χ0n) is 19.3. The Kier molecular flexibility index (Phi) is 6.35. The molecule has 1 N–H and O–H groups in total. The van der Waals surface area contributed by atoms with Crippen molar-refractivity contribution >= 4 is 34.7 Å². The summed E-state index contributed by atoms with van der Waals surface area (Å²) in [6, 6.07) is 16.5. The molecule has 1 aliphatic rings. The third-order valence-electron chi connectivity index (χ3n) is 5.91. The summed E-state index contributed by atoms with van der Waals surface area (Å²) >= 11 is 6.27. The van der Waals surface area contributed by atoms with Crippen LogP contribution in [-0.2, 0) is 9.59 Å². The topological polar surface area (TPSA) is 76.1 Å². The highest BCUT2D eigenvalue weighted by atomic mass is 35.5. The number of hydrogen-bond donors (Lipinski definition) is 1. The molecule has 7 heteroatoms. The predicted octanol–water partition coefficient (Wildman–Crippen LogP) is 5.60. The van der Waals surface area contributed by atoms with Gasteiger partial charge in [-0.15, -0.1) is 0 Å². The van der Waals surface area contributed by atoms with E-state index in [9.17, 15) is 14.7 Å². The SMILES string of the molecule is COc1ccc(/C(O)=C2\C(=O)C(=O)N(c3ccc(C)cc3C)C2c2ccccc2OC)cc1Cl. The first-order valence-electron chi connectivity index (χ1n) is 10.6. The maximum atomic E-state index is 13.4. The van der Waals surface area contributed by atoms with Crippen molar-refractivity contribution in [3.05, 3.63) is 93.5 Å². The Morgan fingerprint density at radius 3 is 2.29 bits per heavy atom. The number of aryl methyl sites for hydroxylation is 2. The molecule has 1 saturated heterocycles. The number of ketones is 1. The van der Waals surface area contributed by atoms with Crippen LogP contribution >= 0.6 is 11.6 Å². The van der Waals surface area contributed by atoms with Gasteiger partial charge < -0.3 is 14.6 Å². The lowest BCUT2D eigenvalue weighted by molar-refractivity contribution is -0.132. The van der Waals surface area contributed by atoms with Crippen LogP contribution in [0.25, 0.3) is 5.76 Å². The van der Waals surface area contributed by atoms with Gasteiger partial charge in [0.05, 0.1) is 30.9 Å². The van der Waals surface area contributed by atoms with Crippen molar-refractivity contribution in [2.45, 2.75) is 19.9 Å². The van der Waals surface area contributed by atoms with Crippen molar-refractivity contribution in [1.29, 1.82) is 0 Å². The minimum atomic E-state index is -0.904. The van der Waals surface area contributed by atoms with E-state index in [1.54, 1.807) is 36.4 Å². The van der Waals surface area contributed by atoms with E-state index >= 15 is 0 Å². The Morgan fingerprint density at radius 1 is 0.941 bits per heavy atom. The number of anilines is 1. The molecule has 0 bridgehead atoms. The molecule has 4 rings (SSSR count). The van der Waals surface area contributed by atoms with Crippen molar-refractivity contribution < 1.29 is 24.2 Å². The van der Waals surface area contributed by atoms with Crippen molar-refractivity contribution in [3.63, 3.8) is 0 Å². The van der Waals surface area contributed by atoms with Gasteiger partial charge in [-0.05, 0) is 49.7 Å². The van der Waals surface area contributed by atoms with Crippen molar-refractivity contribution in [2.24, 2.45) is 0 Å². The number of rotatable bonds is 5. The zero-order valence-corrected chi connectivity index (χ0v) is 20.0. The molecule has 3 aromatic rings. The van der Waals surface area contributed by atoms with Gasteiger partial charge in [0.25, 0.3) is 11.7 Å². The number of benzene rings is 3. The van der Waals surface area contributed by atoms with Crippen LogP contribution in [0.5, 0.6) is 11.5 Å². The van der Waals surface area contributed by atoms with Crippen LogP contribution in [0.1, 0.15) is 28.3 Å². The van der Waals surface area contributed by atoms with Gasteiger partial charge in [0.2, 0.25) is 0 Å². The maximum Gasteiger partial charge on any atom is 0.300 e. The monoisotopic (exact) mass is 477 g/mol. The molecule has 1 unspecified atom stereocenters. The number of nitrogens with zero attached hydrogens (tertiary/aromatic N) is 1. The van der Waals surface area contributed by atoms with Crippen molar-refractivity contribution in [3.8, 4) is 11.5 Å². The molecular weight excluding hydrogens is 454 g/mol. The molecule has 3 aromatic carbocycles. The fraction of sp³-hybridized carbons (Fsp3) is 0.185. The van der Waals surface area contributed by atoms with Crippen molar-refractivity contribution in [2.75, 3.05) is 19.1 Å². The Bertz CT molecular complexity index is 1330. The molecule has 0 aromatic heterocycles. The number of aliphatic hydroxyl groups is 1. The largest absolute Gasteiger partial charge is 0.507 e. The summed E-state index contributed by atoms with van der Waals surface area (Å²) < 4.78 is 10.7. The molecular formula is C27H24ClNO5. The number of ether oxygens (including phenoxy) is 2. The number of aliphatic hydroxyl groups excluding tert-OH is 1. The fourth-order valence-corrected chi connectivity index (χ4v) is 4.57. The summed E-state index contributed by atoms with van der Waals surface area (Å²) in [7, 11) is 3.00. The van der Waals surface area contributed by atoms with Gasteiger partial charge in [-0.1, -0.05) is 47.5 Å². The molecule has 1 heterocycles. The smallest absolute Gasteiger partial charge is 0.300 e. The molecule has 1 amide bonds. The summed E-state index contributed by atoms with van der Waals surface area (Å²) in [6.45, 7) is 3.83. The molecule has 0 saturated carbocycles. The van der Waals surface area contributed by atoms with Crippen LogP contribution in [-0.4, -0.2) is 31.0 Å². The first kappa shape index (κ1) is 23.4. The highest BCUT2D eigenvalue weighted by Gasteiger charge is 2.48. The Hall–Kier alpha value is -3.77. The molecule has 174 valence electrons. The van der Waals surface area contributed by atoms with Gasteiger partial charge >= 0.3 is 0 Å². The van der Waals surface area contributed by atoms with E-state index in [4.69, 9.17) is 21.1 Å². The molecule has 1 fully saturated rings. The molecule has 6 nitrogen and oxygen atoms in total. The van der Waals surface area contributed by atoms with Crippen LogP contribution in [0, 0.1) is 13.8 Å². The number of carbonyl (C=O) groups is 2. The van der Waals surface area contributed by atoms with E-state index < -0.39 is 17.7 Å². The first-order chi connectivity index (χ1) is 16.3. The molecule has 1 aliphatic heterocycles. The maximum absolute atomic E-state index is 13.4. The van der Waals surface area contributed by atoms with Crippen molar-refractivity contribution in [1.82, 2.24) is 0 Å². The highest BCUT2D eigenvalue weighted by molar-refractivity contribution is 6.52. The van der Waals surface area contributed by atoms with E-state index in [1.165, 1.54) is 25.2 Å². The summed E-state index contributed by atoms with van der Waals surface area (Å²) in [6.07, 6.45) is 0. The van der Waals surface area contributed by atoms with Gasteiger partial charge in [-0.2, -0.15) is 0 Å². The molecule has 0 radical (unpaired) electrons. The van der Waals surface area contributed by atoms with Crippen LogP contribution in [0.4, 0.5) is 5.69 Å². The van der Waals surface area contributed by atoms with Crippen LogP contribution in [0.15, 0.2) is 66.2 Å². The minimum Gasteiger partial charge on any atom is -0.507 e. The molecule has 0 spiro atoms. The molecule has 0 aliphatic carbocycles. The van der Waals surface area contributed by atoms with E-state index in [1.807, 2.05) is 32.0 Å². The highest BCUT2D eigenvalue weighted by Crippen LogP contribution is 2.46. The number of hydrogen-bond acceptors (Lipinski definition) is 5. The van der Waals surface area contributed by atoms with Gasteiger partial charge in [0.1, 0.15) is 17.3 Å². The van der Waals surface area contributed by atoms with Gasteiger partial charge in [0, 0.05) is 16.8 Å². The van der Waals surface area contributed by atoms with E-state index in [0.717, 1.165) is 11.1 Å². The average Bonchev–Trinajstić information content (AvgIpc) is 3.08. The lowest BCUT2D eigenvalue weighted by Crippen LogP contribution is -2.30. The van der Waals surface area contributed by atoms with Gasteiger partial charge in [0.15, 0.2) is 0 Å². The quantitative estimate of drug-likeness (QED) is 0.294. The predicted molar refractivity (Wildman–Crippen MR) is 132 cm³/mol. The number of para-hydroxylation sites is 1. The van der Waals surface area contributed by atoms with E-state index in [2.05, 4.69) is 0 Å². The summed E-state index contributed by atoms with van der Waals surface area (Å²) in [4.78, 5) is 28.2. The lowest BCUT2D eigenvalue weighted by atomic mass is 9.94. The normalized spacial score (nSPS) is 17.2. The van der Waals surface area contributed by atoms with Gasteiger partial charge in [-0.3, -0.25) is 14.5 Å². The summed E-state index contributed by atoms with van der Waals surface area (Å²) in [5, 5.41) is 11.6. The minimum absolute atomic E-state index is 0.0456. The lowest BCUT2D eigenvalue weighted by Gasteiger charge is -2.28. The van der Waals surface area contributed by atoms with Crippen LogP contribution < -0.4 is 14.4 Å². The van der Waals surface area contributed by atoms with Gasteiger partial charge in [-0.25, -0.2) is 0 Å². The zero-order chi connectivity index (χ0) is 24.6. The Morgan fingerprint density at radius 2 is 1.65 bits per heavy atom. The third-order valence-corrected chi connectivity index (χ3v) is 6.21. The first-order valence-corrected chi connectivity index (χ1v) is 11.0. The summed E-state index contributed by atoms with van der Waals surface area (Å²) in [5.74, 6) is -0.937. The summed E-state index contributed by atoms with van der Waals surface area (Å²) in [5.41, 5.74) is 3.26. The Balaban J connectivity index is 2.00.